The van der Waals surface area contributed by atoms with E-state index in [1.807, 2.05) is 6.07 Å². The Balaban J connectivity index is 1.75. The Morgan fingerprint density at radius 3 is 2.14 bits per heavy atom. The summed E-state index contributed by atoms with van der Waals surface area (Å²) in [6, 6.07) is 21.1. The van der Waals surface area contributed by atoms with Crippen molar-refractivity contribution in [2.24, 2.45) is 0 Å². The van der Waals surface area contributed by atoms with Crippen molar-refractivity contribution in [3.8, 4) is 0 Å². The molecule has 1 heterocycles. The van der Waals surface area contributed by atoms with Crippen LogP contribution in [0, 0.1) is 0 Å². The second-order valence-electron chi connectivity index (χ2n) is 6.18. The lowest BCUT2D eigenvalue weighted by molar-refractivity contribution is 0.0836. The molecule has 1 saturated carbocycles. The average molecular weight is 288 g/mol. The van der Waals surface area contributed by atoms with E-state index in [9.17, 15) is 0 Å². The second kappa shape index (κ2) is 5.49. The number of hydrogen-bond acceptors (Lipinski definition) is 1. The van der Waals surface area contributed by atoms with Crippen LogP contribution in [0.2, 0.25) is 0 Å². The van der Waals surface area contributed by atoms with Crippen molar-refractivity contribution in [2.75, 3.05) is 0 Å². The van der Waals surface area contributed by atoms with Gasteiger partial charge in [-0.15, -0.1) is 0 Å². The van der Waals surface area contributed by atoms with Gasteiger partial charge in [-0.3, -0.25) is 0 Å². The summed E-state index contributed by atoms with van der Waals surface area (Å²) in [5.74, 6) is 0.993. The lowest BCUT2D eigenvalue weighted by Gasteiger charge is -2.27. The third kappa shape index (κ3) is 2.37. The quantitative estimate of drug-likeness (QED) is 0.713. The number of hydrogen-bond donors (Lipinski definition) is 0. The normalized spacial score (nSPS) is 21.1. The fraction of sp³-hybridized carbons (Fsp3) is 0.238. The molecule has 1 aliphatic carbocycles. The molecule has 0 amide bonds. The maximum Gasteiger partial charge on any atom is 0.135 e. The van der Waals surface area contributed by atoms with Gasteiger partial charge in [0.05, 0.1) is 0 Å². The summed E-state index contributed by atoms with van der Waals surface area (Å²) in [5, 5.41) is 0. The first-order valence-corrected chi connectivity index (χ1v) is 8.09. The van der Waals surface area contributed by atoms with Gasteiger partial charge in [-0.25, -0.2) is 0 Å². The summed E-state index contributed by atoms with van der Waals surface area (Å²) in [6.07, 6.45) is 9.15. The minimum absolute atomic E-state index is 0.0953. The molecule has 1 aliphatic heterocycles. The lowest BCUT2D eigenvalue weighted by atomic mass is 9.88. The number of benzene rings is 2. The maximum absolute atomic E-state index is 6.45. The van der Waals surface area contributed by atoms with Crippen molar-refractivity contribution >= 4 is 11.6 Å². The standard InChI is InChI=1S/C21H20O/c1-3-9-17(10-4-1)15-19-16-20(18-11-5-2-6-12-18)21(22-19)13-7-8-14-21/h1-6,9-12,15-16H,7-8,13-14H2/b19-15-. The Hall–Kier alpha value is -2.28. The highest BCUT2D eigenvalue weighted by Crippen LogP contribution is 2.49. The van der Waals surface area contributed by atoms with Gasteiger partial charge in [0.25, 0.3) is 0 Å². The Labute approximate surface area is 131 Å². The number of ether oxygens (including phenoxy) is 1. The third-order valence-corrected chi connectivity index (χ3v) is 4.70. The van der Waals surface area contributed by atoms with Gasteiger partial charge in [-0.2, -0.15) is 0 Å². The van der Waals surface area contributed by atoms with E-state index in [0.29, 0.717) is 0 Å². The third-order valence-electron chi connectivity index (χ3n) is 4.70. The molecule has 4 rings (SSSR count). The molecule has 1 spiro atoms. The van der Waals surface area contributed by atoms with Crippen LogP contribution in [0.1, 0.15) is 36.8 Å². The largest absolute Gasteiger partial charge is 0.483 e. The fourth-order valence-electron chi connectivity index (χ4n) is 3.65. The van der Waals surface area contributed by atoms with Crippen LogP contribution in [-0.2, 0) is 4.74 Å². The monoisotopic (exact) mass is 288 g/mol. The van der Waals surface area contributed by atoms with Crippen LogP contribution in [0.3, 0.4) is 0 Å². The molecule has 0 saturated heterocycles. The van der Waals surface area contributed by atoms with E-state index >= 15 is 0 Å². The summed E-state index contributed by atoms with van der Waals surface area (Å²) in [4.78, 5) is 0. The van der Waals surface area contributed by atoms with Gasteiger partial charge in [0.2, 0.25) is 0 Å². The zero-order chi connectivity index (χ0) is 14.8. The maximum atomic E-state index is 6.45. The molecule has 2 aliphatic rings. The minimum atomic E-state index is -0.0953. The second-order valence-corrected chi connectivity index (χ2v) is 6.18. The van der Waals surface area contributed by atoms with Crippen molar-refractivity contribution in [1.82, 2.24) is 0 Å². The van der Waals surface area contributed by atoms with Crippen LogP contribution in [0.5, 0.6) is 0 Å². The van der Waals surface area contributed by atoms with Gasteiger partial charge in [-0.05, 0) is 49.0 Å². The van der Waals surface area contributed by atoms with Crippen LogP contribution >= 0.6 is 0 Å². The molecule has 0 unspecified atom stereocenters. The van der Waals surface area contributed by atoms with Crippen LogP contribution in [0.25, 0.3) is 11.6 Å². The summed E-state index contributed by atoms with van der Waals surface area (Å²) in [6.45, 7) is 0. The van der Waals surface area contributed by atoms with Crippen LogP contribution in [0.4, 0.5) is 0 Å². The Morgan fingerprint density at radius 1 is 0.818 bits per heavy atom. The van der Waals surface area contributed by atoms with E-state index in [0.717, 1.165) is 18.6 Å². The molecule has 0 radical (unpaired) electrons. The molecule has 2 aromatic carbocycles. The van der Waals surface area contributed by atoms with Gasteiger partial charge in [0, 0.05) is 5.57 Å². The highest BCUT2D eigenvalue weighted by atomic mass is 16.5. The number of rotatable bonds is 2. The predicted molar refractivity (Wildman–Crippen MR) is 91.1 cm³/mol. The molecule has 0 N–H and O–H groups in total. The summed E-state index contributed by atoms with van der Waals surface area (Å²) in [5.41, 5.74) is 3.74. The van der Waals surface area contributed by atoms with E-state index in [2.05, 4.69) is 66.7 Å². The summed E-state index contributed by atoms with van der Waals surface area (Å²) < 4.78 is 6.45. The molecule has 0 aromatic heterocycles. The Kier molecular flexibility index (Phi) is 3.34. The smallest absolute Gasteiger partial charge is 0.135 e. The van der Waals surface area contributed by atoms with E-state index in [-0.39, 0.29) is 5.60 Å². The lowest BCUT2D eigenvalue weighted by Crippen LogP contribution is -2.25. The predicted octanol–water partition coefficient (Wildman–Crippen LogP) is 5.45. The van der Waals surface area contributed by atoms with Gasteiger partial charge < -0.3 is 4.74 Å². The van der Waals surface area contributed by atoms with Crippen LogP contribution in [-0.4, -0.2) is 5.60 Å². The molecule has 2 aromatic rings. The van der Waals surface area contributed by atoms with Gasteiger partial charge >= 0.3 is 0 Å². The van der Waals surface area contributed by atoms with Crippen molar-refractivity contribution in [3.05, 3.63) is 83.6 Å². The first-order chi connectivity index (χ1) is 10.9. The summed E-state index contributed by atoms with van der Waals surface area (Å²) >= 11 is 0. The summed E-state index contributed by atoms with van der Waals surface area (Å²) in [7, 11) is 0. The fourth-order valence-corrected chi connectivity index (χ4v) is 3.65. The van der Waals surface area contributed by atoms with Gasteiger partial charge in [-0.1, -0.05) is 60.7 Å². The van der Waals surface area contributed by atoms with Gasteiger partial charge in [0.15, 0.2) is 0 Å². The Bertz CT molecular complexity index is 704. The minimum Gasteiger partial charge on any atom is -0.483 e. The van der Waals surface area contributed by atoms with E-state index in [1.165, 1.54) is 29.5 Å². The van der Waals surface area contributed by atoms with E-state index in [4.69, 9.17) is 4.74 Å². The Morgan fingerprint density at radius 2 is 1.45 bits per heavy atom. The molecule has 1 nitrogen and oxygen atoms in total. The van der Waals surface area contributed by atoms with Gasteiger partial charge in [0.1, 0.15) is 11.4 Å². The molecular weight excluding hydrogens is 268 g/mol. The van der Waals surface area contributed by atoms with E-state index in [1.54, 1.807) is 0 Å². The highest BCUT2D eigenvalue weighted by Gasteiger charge is 2.44. The van der Waals surface area contributed by atoms with Crippen molar-refractivity contribution < 1.29 is 4.74 Å². The van der Waals surface area contributed by atoms with Crippen molar-refractivity contribution in [1.29, 1.82) is 0 Å². The van der Waals surface area contributed by atoms with Crippen LogP contribution < -0.4 is 0 Å². The van der Waals surface area contributed by atoms with Crippen LogP contribution in [0.15, 0.2) is 72.5 Å². The molecule has 22 heavy (non-hydrogen) atoms. The highest BCUT2D eigenvalue weighted by molar-refractivity contribution is 5.79. The number of allylic oxidation sites excluding steroid dienone is 1. The average Bonchev–Trinajstić information content (AvgIpc) is 3.17. The van der Waals surface area contributed by atoms with Crippen molar-refractivity contribution in [3.63, 3.8) is 0 Å². The van der Waals surface area contributed by atoms with E-state index < -0.39 is 0 Å². The first kappa shape index (κ1) is 13.4. The molecule has 110 valence electrons. The molecule has 0 atom stereocenters. The zero-order valence-electron chi connectivity index (χ0n) is 12.7. The molecular formula is C21H20O. The zero-order valence-corrected chi connectivity index (χ0v) is 12.7. The SMILES string of the molecule is C1=C(c2ccccc2)C2(CCCC2)O/C1=C\c1ccccc1. The molecule has 1 heteroatoms. The topological polar surface area (TPSA) is 9.23 Å². The van der Waals surface area contributed by atoms with Crippen molar-refractivity contribution in [2.45, 2.75) is 31.3 Å². The molecule has 1 fully saturated rings. The molecule has 0 bridgehead atoms. The first-order valence-electron chi connectivity index (χ1n) is 8.09.